The van der Waals surface area contributed by atoms with Crippen molar-refractivity contribution in [3.8, 4) is 0 Å². The Balaban J connectivity index is 1.98. The molecular formula is C16H14N2O. The monoisotopic (exact) mass is 250 g/mol. The molecular weight excluding hydrogens is 236 g/mol. The number of benzene rings is 2. The molecule has 0 aromatic heterocycles. The van der Waals surface area contributed by atoms with Gasteiger partial charge >= 0.3 is 0 Å². The lowest BCUT2D eigenvalue weighted by atomic mass is 10.0. The third-order valence-electron chi connectivity index (χ3n) is 3.11. The summed E-state index contributed by atoms with van der Waals surface area (Å²) in [4.78, 5) is 4.33. The van der Waals surface area contributed by atoms with Crippen molar-refractivity contribution in [1.82, 2.24) is 5.06 Å². The van der Waals surface area contributed by atoms with Crippen LogP contribution in [-0.4, -0.2) is 16.6 Å². The molecule has 0 saturated heterocycles. The van der Waals surface area contributed by atoms with Crippen LogP contribution < -0.4 is 0 Å². The molecule has 3 rings (SSSR count). The molecule has 0 radical (unpaired) electrons. The largest absolute Gasteiger partial charge is 0.283 e. The van der Waals surface area contributed by atoms with Crippen LogP contribution in [0.4, 0.5) is 0 Å². The molecule has 3 heteroatoms. The summed E-state index contributed by atoms with van der Waals surface area (Å²) < 4.78 is 0. The first-order valence-corrected chi connectivity index (χ1v) is 6.18. The molecule has 3 nitrogen and oxygen atoms in total. The van der Waals surface area contributed by atoms with Crippen LogP contribution in [-0.2, 0) is 0 Å². The predicted molar refractivity (Wildman–Crippen MR) is 75.7 cm³/mol. The molecule has 0 aliphatic carbocycles. The van der Waals surface area contributed by atoms with Crippen molar-refractivity contribution in [2.75, 3.05) is 0 Å². The molecule has 0 saturated carbocycles. The lowest BCUT2D eigenvalue weighted by Gasteiger charge is -2.23. The average molecular weight is 250 g/mol. The van der Waals surface area contributed by atoms with E-state index in [1.807, 2.05) is 66.7 Å². The fourth-order valence-electron chi connectivity index (χ4n) is 2.14. The molecule has 0 fully saturated rings. The Morgan fingerprint density at radius 3 is 2.21 bits per heavy atom. The summed E-state index contributed by atoms with van der Waals surface area (Å²) in [6.45, 7) is 0. The van der Waals surface area contributed by atoms with Crippen LogP contribution in [0, 0.1) is 0 Å². The van der Waals surface area contributed by atoms with Crippen molar-refractivity contribution >= 4 is 12.0 Å². The van der Waals surface area contributed by atoms with Crippen LogP contribution in [0.3, 0.4) is 0 Å². The topological polar surface area (TPSA) is 35.8 Å². The zero-order valence-electron chi connectivity index (χ0n) is 10.3. The van der Waals surface area contributed by atoms with Crippen molar-refractivity contribution in [3.05, 3.63) is 77.9 Å². The molecule has 0 spiro atoms. The summed E-state index contributed by atoms with van der Waals surface area (Å²) in [5.74, 6) is 0. The number of hydrogen-bond acceptors (Lipinski definition) is 3. The van der Waals surface area contributed by atoms with Gasteiger partial charge < -0.3 is 0 Å². The summed E-state index contributed by atoms with van der Waals surface area (Å²) >= 11 is 0. The minimum atomic E-state index is -0.0557. The van der Waals surface area contributed by atoms with Crippen LogP contribution in [0.5, 0.6) is 0 Å². The van der Waals surface area contributed by atoms with Gasteiger partial charge in [-0.05, 0) is 11.6 Å². The van der Waals surface area contributed by atoms with Crippen LogP contribution in [0.15, 0.2) is 71.7 Å². The molecule has 1 aliphatic rings. The van der Waals surface area contributed by atoms with E-state index in [1.165, 1.54) is 6.34 Å². The van der Waals surface area contributed by atoms with Gasteiger partial charge in [-0.3, -0.25) is 10.2 Å². The van der Waals surface area contributed by atoms with Crippen LogP contribution in [0.2, 0.25) is 0 Å². The smallest absolute Gasteiger partial charge is 0.117 e. The van der Waals surface area contributed by atoms with Gasteiger partial charge in [-0.25, -0.2) is 5.06 Å². The summed E-state index contributed by atoms with van der Waals surface area (Å²) in [6, 6.07) is 19.8. The molecule has 94 valence electrons. The van der Waals surface area contributed by atoms with E-state index >= 15 is 0 Å². The van der Waals surface area contributed by atoms with Crippen LogP contribution in [0.25, 0.3) is 5.70 Å². The van der Waals surface area contributed by atoms with Crippen molar-refractivity contribution in [3.63, 3.8) is 0 Å². The number of aliphatic imine (C=N–C) groups is 1. The van der Waals surface area contributed by atoms with Crippen molar-refractivity contribution in [1.29, 1.82) is 0 Å². The quantitative estimate of drug-likeness (QED) is 0.885. The third-order valence-corrected chi connectivity index (χ3v) is 3.11. The molecule has 0 bridgehead atoms. The van der Waals surface area contributed by atoms with Gasteiger partial charge in [-0.2, -0.15) is 0 Å². The van der Waals surface area contributed by atoms with Gasteiger partial charge in [0, 0.05) is 5.56 Å². The standard InChI is InChI=1S/C16H14N2O/c19-18-12-17-15(13-7-3-1-4-8-13)11-16(18)14-9-5-2-6-10-14/h1-12,15,19H. The summed E-state index contributed by atoms with van der Waals surface area (Å²) in [5.41, 5.74) is 2.84. The maximum atomic E-state index is 9.90. The fourth-order valence-corrected chi connectivity index (χ4v) is 2.14. The van der Waals surface area contributed by atoms with Crippen molar-refractivity contribution < 1.29 is 5.21 Å². The van der Waals surface area contributed by atoms with Crippen molar-refractivity contribution in [2.24, 2.45) is 4.99 Å². The molecule has 19 heavy (non-hydrogen) atoms. The van der Waals surface area contributed by atoms with Crippen LogP contribution in [0.1, 0.15) is 17.2 Å². The van der Waals surface area contributed by atoms with E-state index in [2.05, 4.69) is 4.99 Å². The second-order valence-electron chi connectivity index (χ2n) is 4.38. The maximum Gasteiger partial charge on any atom is 0.117 e. The molecule has 1 N–H and O–H groups in total. The first kappa shape index (κ1) is 11.7. The van der Waals surface area contributed by atoms with E-state index in [0.717, 1.165) is 21.9 Å². The Labute approximate surface area is 112 Å². The van der Waals surface area contributed by atoms with Crippen molar-refractivity contribution in [2.45, 2.75) is 6.04 Å². The number of hydrogen-bond donors (Lipinski definition) is 1. The van der Waals surface area contributed by atoms with Gasteiger partial charge in [0.05, 0.1) is 11.7 Å². The zero-order valence-corrected chi connectivity index (χ0v) is 10.3. The van der Waals surface area contributed by atoms with E-state index in [-0.39, 0.29) is 6.04 Å². The van der Waals surface area contributed by atoms with Gasteiger partial charge in [0.1, 0.15) is 6.34 Å². The summed E-state index contributed by atoms with van der Waals surface area (Å²) in [7, 11) is 0. The minimum Gasteiger partial charge on any atom is -0.283 e. The van der Waals surface area contributed by atoms with Gasteiger partial charge in [-0.1, -0.05) is 60.7 Å². The van der Waals surface area contributed by atoms with E-state index in [4.69, 9.17) is 0 Å². The average Bonchev–Trinajstić information content (AvgIpc) is 2.49. The lowest BCUT2D eigenvalue weighted by Crippen LogP contribution is -2.20. The van der Waals surface area contributed by atoms with Crippen LogP contribution >= 0.6 is 0 Å². The molecule has 1 atom stereocenters. The molecule has 1 unspecified atom stereocenters. The van der Waals surface area contributed by atoms with Gasteiger partial charge in [0.15, 0.2) is 0 Å². The molecule has 1 heterocycles. The molecule has 2 aromatic rings. The highest BCUT2D eigenvalue weighted by Gasteiger charge is 2.17. The number of hydroxylamine groups is 2. The maximum absolute atomic E-state index is 9.90. The molecule has 0 amide bonds. The Hall–Kier alpha value is -2.39. The Morgan fingerprint density at radius 2 is 1.53 bits per heavy atom. The fraction of sp³-hybridized carbons (Fsp3) is 0.0625. The highest BCUT2D eigenvalue weighted by molar-refractivity contribution is 5.77. The highest BCUT2D eigenvalue weighted by Crippen LogP contribution is 2.28. The van der Waals surface area contributed by atoms with Gasteiger partial charge in [0.25, 0.3) is 0 Å². The van der Waals surface area contributed by atoms with Gasteiger partial charge in [0.2, 0.25) is 0 Å². The summed E-state index contributed by atoms with van der Waals surface area (Å²) in [5, 5.41) is 11.0. The first-order valence-electron chi connectivity index (χ1n) is 6.18. The van der Waals surface area contributed by atoms with E-state index in [0.29, 0.717) is 0 Å². The predicted octanol–water partition coefficient (Wildman–Crippen LogP) is 3.50. The zero-order chi connectivity index (χ0) is 13.1. The second-order valence-corrected chi connectivity index (χ2v) is 4.38. The lowest BCUT2D eigenvalue weighted by molar-refractivity contribution is 0.0547. The SMILES string of the molecule is ON1C=NC(c2ccccc2)C=C1c1ccccc1. The van der Waals surface area contributed by atoms with E-state index < -0.39 is 0 Å². The normalized spacial score (nSPS) is 18.3. The van der Waals surface area contributed by atoms with E-state index in [9.17, 15) is 5.21 Å². The highest BCUT2D eigenvalue weighted by atomic mass is 16.5. The molecule has 2 aromatic carbocycles. The Morgan fingerprint density at radius 1 is 0.895 bits per heavy atom. The summed E-state index contributed by atoms with van der Waals surface area (Å²) in [6.07, 6.45) is 3.42. The minimum absolute atomic E-state index is 0.0557. The number of rotatable bonds is 2. The third kappa shape index (κ3) is 2.41. The van der Waals surface area contributed by atoms with Gasteiger partial charge in [-0.15, -0.1) is 0 Å². The molecule has 1 aliphatic heterocycles. The Bertz CT molecular complexity index is 605. The first-order chi connectivity index (χ1) is 9.34. The second kappa shape index (κ2) is 5.08. The Kier molecular flexibility index (Phi) is 3.12. The number of nitrogens with zero attached hydrogens (tertiary/aromatic N) is 2. The van der Waals surface area contributed by atoms with E-state index in [1.54, 1.807) is 0 Å².